The first-order chi connectivity index (χ1) is 23.6. The van der Waals surface area contributed by atoms with E-state index in [9.17, 15) is 14.7 Å². The number of rotatable bonds is 17. The number of fused-ring (bicyclic) bond motifs is 1. The lowest BCUT2D eigenvalue weighted by Gasteiger charge is -2.30. The fraction of sp³-hybridized carbons (Fsp3) is 0.324. The number of carbonyl (C=O) groups is 2. The molecule has 1 atom stereocenters. The number of carboxylic acid groups (broad SMARTS) is 1. The van der Waals surface area contributed by atoms with Crippen molar-refractivity contribution in [2.75, 3.05) is 31.7 Å². The van der Waals surface area contributed by atoms with Crippen molar-refractivity contribution in [1.82, 2.24) is 20.3 Å². The van der Waals surface area contributed by atoms with Crippen LogP contribution in [0.5, 0.6) is 11.5 Å². The largest absolute Gasteiger partial charge is 0.481 e. The van der Waals surface area contributed by atoms with Gasteiger partial charge in [0.25, 0.3) is 0 Å². The Morgan fingerprint density at radius 2 is 1.92 bits per heavy atom. The lowest BCUT2D eigenvalue weighted by molar-refractivity contribution is -0.143. The van der Waals surface area contributed by atoms with E-state index in [1.165, 1.54) is 24.3 Å². The fourth-order valence-corrected chi connectivity index (χ4v) is 6.91. The van der Waals surface area contributed by atoms with Gasteiger partial charge >= 0.3 is 11.9 Å². The van der Waals surface area contributed by atoms with Crippen LogP contribution in [0.25, 0.3) is 22.3 Å². The maximum absolute atomic E-state index is 15.4. The molecule has 5 rings (SSSR count). The topological polar surface area (TPSA) is 129 Å². The molecule has 0 bridgehead atoms. The van der Waals surface area contributed by atoms with E-state index in [0.29, 0.717) is 23.9 Å². The van der Waals surface area contributed by atoms with Gasteiger partial charge in [-0.1, -0.05) is 24.3 Å². The Hall–Kier alpha value is -4.68. The monoisotopic (exact) mass is 690 g/mol. The molecule has 0 fully saturated rings. The van der Waals surface area contributed by atoms with E-state index in [-0.39, 0.29) is 40.8 Å². The summed E-state index contributed by atoms with van der Waals surface area (Å²) in [7, 11) is 1.92. The summed E-state index contributed by atoms with van der Waals surface area (Å²) < 4.78 is 41.7. The van der Waals surface area contributed by atoms with E-state index in [0.717, 1.165) is 41.3 Å². The molecule has 0 radical (unpaired) electrons. The van der Waals surface area contributed by atoms with Gasteiger partial charge in [-0.3, -0.25) is 9.59 Å². The van der Waals surface area contributed by atoms with Gasteiger partial charge < -0.3 is 29.9 Å². The Balaban J connectivity index is 1.46. The highest BCUT2D eigenvalue weighted by Gasteiger charge is 2.32. The third-order valence-electron chi connectivity index (χ3n) is 8.51. The number of nitrogens with zero attached hydrogens (tertiary/aromatic N) is 1. The van der Waals surface area contributed by atoms with Gasteiger partial charge in [-0.15, -0.1) is 0 Å². The van der Waals surface area contributed by atoms with Gasteiger partial charge in [0.15, 0.2) is 11.6 Å². The Labute approximate surface area is 287 Å². The lowest BCUT2D eigenvalue weighted by Crippen LogP contribution is -2.26. The minimum absolute atomic E-state index is 0.112. The molecule has 12 heteroatoms. The van der Waals surface area contributed by atoms with E-state index in [2.05, 4.69) is 33.3 Å². The van der Waals surface area contributed by atoms with E-state index in [1.54, 1.807) is 25.4 Å². The number of ether oxygens (including phenoxy) is 2. The second kappa shape index (κ2) is 16.1. The van der Waals surface area contributed by atoms with Gasteiger partial charge in [0.1, 0.15) is 17.4 Å². The average molecular weight is 691 g/mol. The fourth-order valence-electron chi connectivity index (χ4n) is 5.80. The van der Waals surface area contributed by atoms with Crippen molar-refractivity contribution in [3.63, 3.8) is 0 Å². The quantitative estimate of drug-likeness (QED) is 0.0587. The minimum Gasteiger partial charge on any atom is -0.481 e. The molecule has 5 aromatic rings. The predicted molar refractivity (Wildman–Crippen MR) is 187 cm³/mol. The highest BCUT2D eigenvalue weighted by Crippen LogP contribution is 2.39. The van der Waals surface area contributed by atoms with Crippen molar-refractivity contribution in [2.24, 2.45) is 0 Å². The van der Waals surface area contributed by atoms with Gasteiger partial charge in [-0.2, -0.15) is 11.8 Å². The van der Waals surface area contributed by atoms with Crippen molar-refractivity contribution in [2.45, 2.75) is 44.9 Å². The Morgan fingerprint density at radius 1 is 1.08 bits per heavy atom. The zero-order chi connectivity index (χ0) is 35.0. The first-order valence-corrected chi connectivity index (χ1v) is 17.3. The number of carbonyl (C=O) groups excluding carboxylic acids is 1. The molecule has 49 heavy (non-hydrogen) atoms. The highest BCUT2D eigenvalue weighted by molar-refractivity contribution is 7.99. The van der Waals surface area contributed by atoms with Crippen LogP contribution in [0.1, 0.15) is 49.1 Å². The molecule has 0 aliphatic carbocycles. The molecule has 1 unspecified atom stereocenters. The smallest absolute Gasteiger partial charge is 0.307 e. The average Bonchev–Trinajstić information content (AvgIpc) is 3.77. The van der Waals surface area contributed by atoms with Crippen LogP contribution in [0, 0.1) is 11.6 Å². The number of aromatic amines is 2. The molecule has 3 aromatic carbocycles. The van der Waals surface area contributed by atoms with Crippen molar-refractivity contribution < 1.29 is 33.0 Å². The molecule has 258 valence electrons. The molecule has 2 heterocycles. The van der Waals surface area contributed by atoms with Gasteiger partial charge in [0.2, 0.25) is 0 Å². The van der Waals surface area contributed by atoms with Gasteiger partial charge in [0, 0.05) is 64.8 Å². The normalized spacial score (nSPS) is 12.6. The number of esters is 1. The molecule has 4 N–H and O–H groups in total. The zero-order valence-corrected chi connectivity index (χ0v) is 28.5. The Morgan fingerprint density at radius 3 is 2.69 bits per heavy atom. The SMILES string of the molecule is CCOC(=O)CCc1cccc(C(C)(CCSCCNC)c2cnc(-c3cc(Oc4c(F)cc5[nH]ccc5c4CC(=O)O)ccc3F)[nH]2)c1. The Bertz CT molecular complexity index is 1930. The molecule has 0 aliphatic heterocycles. The number of nitrogens with one attached hydrogen (secondary N) is 3. The number of imidazole rings is 1. The van der Waals surface area contributed by atoms with Gasteiger partial charge in [-0.05, 0) is 74.9 Å². The number of aromatic nitrogens is 3. The summed E-state index contributed by atoms with van der Waals surface area (Å²) in [6.07, 6.45) is 4.41. The van der Waals surface area contributed by atoms with Crippen LogP contribution >= 0.6 is 11.8 Å². The summed E-state index contributed by atoms with van der Waals surface area (Å²) in [4.78, 5) is 34.5. The first kappa shape index (κ1) is 35.6. The maximum Gasteiger partial charge on any atom is 0.307 e. The zero-order valence-electron chi connectivity index (χ0n) is 27.7. The van der Waals surface area contributed by atoms with Crippen molar-refractivity contribution in [3.05, 3.63) is 101 Å². The van der Waals surface area contributed by atoms with Crippen LogP contribution in [-0.4, -0.2) is 63.7 Å². The molecule has 0 spiro atoms. The number of thioether (sulfide) groups is 1. The van der Waals surface area contributed by atoms with Gasteiger partial charge in [-0.25, -0.2) is 13.8 Å². The van der Waals surface area contributed by atoms with Crippen LogP contribution in [0.15, 0.2) is 67.0 Å². The van der Waals surface area contributed by atoms with Crippen LogP contribution < -0.4 is 10.1 Å². The summed E-state index contributed by atoms with van der Waals surface area (Å²) in [5.74, 6) is -0.750. The van der Waals surface area contributed by atoms with Crippen molar-refractivity contribution >= 4 is 34.6 Å². The molecule has 0 amide bonds. The van der Waals surface area contributed by atoms with E-state index < -0.39 is 29.4 Å². The molecular formula is C37H40F2N4O5S. The highest BCUT2D eigenvalue weighted by atomic mass is 32.2. The van der Waals surface area contributed by atoms with Crippen LogP contribution in [-0.2, 0) is 32.6 Å². The second-order valence-corrected chi connectivity index (χ2v) is 13.1. The van der Waals surface area contributed by atoms with Crippen molar-refractivity contribution in [1.29, 1.82) is 0 Å². The molecule has 2 aromatic heterocycles. The lowest BCUT2D eigenvalue weighted by atomic mass is 9.77. The van der Waals surface area contributed by atoms with E-state index in [1.807, 2.05) is 37.0 Å². The number of halogens is 2. The molecule has 9 nitrogen and oxygen atoms in total. The van der Waals surface area contributed by atoms with E-state index >= 15 is 8.78 Å². The third-order valence-corrected chi connectivity index (χ3v) is 9.49. The number of carboxylic acids is 1. The number of H-pyrrole nitrogens is 2. The summed E-state index contributed by atoms with van der Waals surface area (Å²) in [6, 6.07) is 15.0. The maximum atomic E-state index is 15.4. The summed E-state index contributed by atoms with van der Waals surface area (Å²) in [6.45, 7) is 5.13. The number of hydrogen-bond acceptors (Lipinski definition) is 7. The van der Waals surface area contributed by atoms with Crippen LogP contribution in [0.4, 0.5) is 8.78 Å². The summed E-state index contributed by atoms with van der Waals surface area (Å²) in [5.41, 5.74) is 2.99. The summed E-state index contributed by atoms with van der Waals surface area (Å²) in [5, 5.41) is 13.2. The summed E-state index contributed by atoms with van der Waals surface area (Å²) >= 11 is 1.83. The number of aryl methyl sites for hydroxylation is 1. The van der Waals surface area contributed by atoms with Crippen LogP contribution in [0.3, 0.4) is 0 Å². The van der Waals surface area contributed by atoms with E-state index in [4.69, 9.17) is 9.47 Å². The number of aliphatic carboxylic acids is 1. The molecule has 0 saturated carbocycles. The number of hydrogen-bond donors (Lipinski definition) is 4. The second-order valence-electron chi connectivity index (χ2n) is 11.9. The van der Waals surface area contributed by atoms with Crippen LogP contribution in [0.2, 0.25) is 0 Å². The van der Waals surface area contributed by atoms with Gasteiger partial charge in [0.05, 0.1) is 18.6 Å². The molecule has 0 saturated heterocycles. The third kappa shape index (κ3) is 8.49. The predicted octanol–water partition coefficient (Wildman–Crippen LogP) is 7.40. The Kier molecular flexibility index (Phi) is 11.7. The number of benzene rings is 3. The standard InChI is InChI=1S/C37H40F2N4O5S/c1-4-47-34(46)11-8-23-6-5-7-24(18-23)37(2,13-16-49-17-15-40-3)32-22-42-36(43-32)28-19-25(9-10-29(28)38)48-35-27(20-33(44)45)26-12-14-41-31(26)21-30(35)39/h5-7,9-10,12,14,18-19,21-22,40-41H,4,8,11,13,15-17,20H2,1-3H3,(H,42,43)(H,44,45). The molecular weight excluding hydrogens is 650 g/mol. The minimum atomic E-state index is -1.14. The molecule has 0 aliphatic rings. The van der Waals surface area contributed by atoms with Crippen molar-refractivity contribution in [3.8, 4) is 22.9 Å². The first-order valence-electron chi connectivity index (χ1n) is 16.1.